The lowest BCUT2D eigenvalue weighted by atomic mass is 9.80. The minimum atomic E-state index is -1.05. The van der Waals surface area contributed by atoms with Gasteiger partial charge in [0.25, 0.3) is 0 Å². The van der Waals surface area contributed by atoms with Gasteiger partial charge in [0.05, 0.1) is 31.3 Å². The van der Waals surface area contributed by atoms with E-state index in [0.29, 0.717) is 37.6 Å². The smallest absolute Gasteiger partial charge is 0.407 e. The Morgan fingerprint density at radius 2 is 1.59 bits per heavy atom. The fourth-order valence-corrected chi connectivity index (χ4v) is 4.97. The summed E-state index contributed by atoms with van der Waals surface area (Å²) in [5, 5.41) is 17.4. The molecule has 11 heteroatoms. The van der Waals surface area contributed by atoms with Gasteiger partial charge in [-0.2, -0.15) is 0 Å². The van der Waals surface area contributed by atoms with Crippen molar-refractivity contribution < 1.29 is 38.4 Å². The first-order valence-electron chi connectivity index (χ1n) is 16.3. The molecule has 4 atom stereocenters. The number of aliphatic hydroxyl groups is 1. The molecule has 11 nitrogen and oxygen atoms in total. The lowest BCUT2D eigenvalue weighted by Gasteiger charge is -2.33. The van der Waals surface area contributed by atoms with Gasteiger partial charge in [0, 0.05) is 32.6 Å². The number of hydrogen-bond acceptors (Lipinski definition) is 8. The maximum atomic E-state index is 13.3. The zero-order valence-corrected chi connectivity index (χ0v) is 30.0. The van der Waals surface area contributed by atoms with Crippen molar-refractivity contribution in [3.63, 3.8) is 0 Å². The van der Waals surface area contributed by atoms with Crippen molar-refractivity contribution in [3.05, 3.63) is 23.8 Å². The number of primary amides is 1. The molecule has 0 aliphatic rings. The third kappa shape index (κ3) is 14.6. The molecule has 0 bridgehead atoms. The second kappa shape index (κ2) is 18.9. The summed E-state index contributed by atoms with van der Waals surface area (Å²) < 4.78 is 22.2. The van der Waals surface area contributed by atoms with Gasteiger partial charge in [-0.1, -0.05) is 33.8 Å². The maximum Gasteiger partial charge on any atom is 0.407 e. The highest BCUT2D eigenvalue weighted by Gasteiger charge is 2.34. The van der Waals surface area contributed by atoms with E-state index in [1.54, 1.807) is 48.8 Å². The topological polar surface area (TPSA) is 158 Å². The van der Waals surface area contributed by atoms with Crippen LogP contribution in [-0.4, -0.2) is 74.7 Å². The van der Waals surface area contributed by atoms with Crippen molar-refractivity contribution in [1.29, 1.82) is 0 Å². The summed E-state index contributed by atoms with van der Waals surface area (Å²) in [4.78, 5) is 38.0. The van der Waals surface area contributed by atoms with Gasteiger partial charge in [0.15, 0.2) is 11.5 Å². The molecule has 0 saturated carbocycles. The number of ether oxygens (including phenoxy) is 4. The van der Waals surface area contributed by atoms with Crippen LogP contribution in [0.5, 0.6) is 11.5 Å². The van der Waals surface area contributed by atoms with E-state index in [4.69, 9.17) is 24.7 Å². The van der Waals surface area contributed by atoms with E-state index in [2.05, 4.69) is 24.5 Å². The van der Waals surface area contributed by atoms with Crippen LogP contribution >= 0.6 is 0 Å². The summed E-state index contributed by atoms with van der Waals surface area (Å²) in [5.74, 6) is 0.0461. The van der Waals surface area contributed by atoms with Gasteiger partial charge >= 0.3 is 6.09 Å². The van der Waals surface area contributed by atoms with Gasteiger partial charge < -0.3 is 40.4 Å². The van der Waals surface area contributed by atoms with E-state index in [9.17, 15) is 19.5 Å². The van der Waals surface area contributed by atoms with Crippen molar-refractivity contribution in [2.24, 2.45) is 34.8 Å². The molecule has 0 aliphatic carbocycles. The van der Waals surface area contributed by atoms with Crippen molar-refractivity contribution in [2.75, 3.05) is 34.0 Å². The second-order valence-corrected chi connectivity index (χ2v) is 14.5. The summed E-state index contributed by atoms with van der Waals surface area (Å²) in [5.41, 5.74) is 4.87. The van der Waals surface area contributed by atoms with Gasteiger partial charge in [-0.3, -0.25) is 9.59 Å². The number of benzene rings is 1. The summed E-state index contributed by atoms with van der Waals surface area (Å²) in [6.45, 7) is 17.9. The average Bonchev–Trinajstić information content (AvgIpc) is 2.94. The molecule has 264 valence electrons. The highest BCUT2D eigenvalue weighted by atomic mass is 16.6. The standard InChI is InChI=1S/C35H61N3O8/c1-22(2)25(17-24-13-14-29(44-11)30(18-24)45-16-12-15-43-10)19-27(38-33(42)46-34(5,6)7)28(39)20-26(23(3)4)31(40)37-21-35(8,9)32(36)41/h13-14,18,22-23,25-28,39H,12,15-17,19-21H2,1-11H3,(H2,36,41)(H,37,40)(H,38,42)/t25-,26-,27-,28+/m0/s1. The van der Waals surface area contributed by atoms with E-state index in [-0.39, 0.29) is 36.6 Å². The Labute approximate surface area is 276 Å². The lowest BCUT2D eigenvalue weighted by Crippen LogP contribution is -2.49. The summed E-state index contributed by atoms with van der Waals surface area (Å²) in [6.07, 6.45) is 0.261. The molecule has 0 fully saturated rings. The number of rotatable bonds is 20. The highest BCUT2D eigenvalue weighted by Crippen LogP contribution is 2.32. The zero-order valence-electron chi connectivity index (χ0n) is 30.0. The molecular formula is C35H61N3O8. The normalized spacial score (nSPS) is 14.7. The van der Waals surface area contributed by atoms with Crippen LogP contribution in [-0.2, 0) is 25.5 Å². The summed E-state index contributed by atoms with van der Waals surface area (Å²) >= 11 is 0. The maximum absolute atomic E-state index is 13.3. The third-order valence-corrected chi connectivity index (χ3v) is 8.15. The van der Waals surface area contributed by atoms with Gasteiger partial charge in [0.2, 0.25) is 11.8 Å². The second-order valence-electron chi connectivity index (χ2n) is 14.5. The van der Waals surface area contributed by atoms with Gasteiger partial charge in [0.1, 0.15) is 5.60 Å². The van der Waals surface area contributed by atoms with Crippen LogP contribution in [0.15, 0.2) is 18.2 Å². The number of aliphatic hydroxyl groups excluding tert-OH is 1. The number of methoxy groups -OCH3 is 2. The fraction of sp³-hybridized carbons (Fsp3) is 0.743. The Bertz CT molecular complexity index is 1100. The molecule has 0 aliphatic heterocycles. The van der Waals surface area contributed by atoms with Crippen molar-refractivity contribution in [1.82, 2.24) is 10.6 Å². The molecule has 0 saturated heterocycles. The fourth-order valence-electron chi connectivity index (χ4n) is 4.97. The van der Waals surface area contributed by atoms with Crippen LogP contribution in [0.1, 0.15) is 87.1 Å². The number of alkyl carbamates (subject to hydrolysis) is 1. The molecular weight excluding hydrogens is 590 g/mol. The molecule has 0 radical (unpaired) electrons. The van der Waals surface area contributed by atoms with Gasteiger partial charge in [-0.15, -0.1) is 0 Å². The number of hydrogen-bond donors (Lipinski definition) is 4. The minimum absolute atomic E-state index is 0.0482. The Morgan fingerprint density at radius 3 is 2.11 bits per heavy atom. The van der Waals surface area contributed by atoms with E-state index in [1.165, 1.54) is 0 Å². The SMILES string of the molecule is COCCCOc1cc(C[C@@H](C[C@H](NC(=O)OC(C)(C)C)[C@H](O)C[C@H](C(=O)NCC(C)(C)C(N)=O)C(C)C)C(C)C)ccc1OC. The Kier molecular flexibility index (Phi) is 16.9. The third-order valence-electron chi connectivity index (χ3n) is 8.15. The minimum Gasteiger partial charge on any atom is -0.493 e. The van der Waals surface area contributed by atoms with Crippen molar-refractivity contribution in [3.8, 4) is 11.5 Å². The predicted octanol–water partition coefficient (Wildman–Crippen LogP) is 4.86. The van der Waals surface area contributed by atoms with E-state index >= 15 is 0 Å². The van der Waals surface area contributed by atoms with Gasteiger partial charge in [-0.25, -0.2) is 4.79 Å². The van der Waals surface area contributed by atoms with Crippen LogP contribution in [0.3, 0.4) is 0 Å². The number of nitrogens with two attached hydrogens (primary N) is 1. The van der Waals surface area contributed by atoms with Crippen molar-refractivity contribution >= 4 is 17.9 Å². The molecule has 5 N–H and O–H groups in total. The molecule has 1 aromatic rings. The number of carbonyl (C=O) groups excluding carboxylic acids is 3. The first-order valence-corrected chi connectivity index (χ1v) is 16.3. The van der Waals surface area contributed by atoms with Crippen LogP contribution in [0.25, 0.3) is 0 Å². The summed E-state index contributed by atoms with van der Waals surface area (Å²) in [7, 11) is 3.26. The first-order chi connectivity index (χ1) is 21.3. The first kappa shape index (κ1) is 41.0. The molecule has 0 heterocycles. The van der Waals surface area contributed by atoms with Crippen LogP contribution in [0.4, 0.5) is 4.79 Å². The number of nitrogens with one attached hydrogen (secondary N) is 2. The molecule has 3 amide bonds. The monoisotopic (exact) mass is 651 g/mol. The highest BCUT2D eigenvalue weighted by molar-refractivity contribution is 5.83. The molecule has 0 spiro atoms. The lowest BCUT2D eigenvalue weighted by molar-refractivity contribution is -0.130. The van der Waals surface area contributed by atoms with E-state index in [0.717, 1.165) is 12.0 Å². The van der Waals surface area contributed by atoms with E-state index in [1.807, 2.05) is 32.0 Å². The largest absolute Gasteiger partial charge is 0.493 e. The number of amides is 3. The molecule has 46 heavy (non-hydrogen) atoms. The van der Waals surface area contributed by atoms with Crippen molar-refractivity contribution in [2.45, 2.75) is 106 Å². The summed E-state index contributed by atoms with van der Waals surface area (Å²) in [6, 6.07) is 5.16. The van der Waals surface area contributed by atoms with Crippen LogP contribution in [0, 0.1) is 29.1 Å². The molecule has 1 aromatic carbocycles. The molecule has 0 unspecified atom stereocenters. The quantitative estimate of drug-likeness (QED) is 0.146. The Balaban J connectivity index is 3.26. The Hall–Kier alpha value is -3.05. The zero-order chi connectivity index (χ0) is 35.2. The molecule has 0 aromatic heterocycles. The molecule has 1 rings (SSSR count). The van der Waals surface area contributed by atoms with E-state index < -0.39 is 41.1 Å². The average molecular weight is 652 g/mol. The van der Waals surface area contributed by atoms with Crippen LogP contribution < -0.4 is 25.8 Å². The Morgan fingerprint density at radius 1 is 0.935 bits per heavy atom. The number of carbonyl (C=O) groups is 3. The van der Waals surface area contributed by atoms with Gasteiger partial charge in [-0.05, 0) is 89.3 Å². The predicted molar refractivity (Wildman–Crippen MR) is 180 cm³/mol. The van der Waals surface area contributed by atoms with Crippen LogP contribution in [0.2, 0.25) is 0 Å².